The monoisotopic (exact) mass is 749 g/mol. The summed E-state index contributed by atoms with van der Waals surface area (Å²) >= 11 is 13.0. The number of nitriles is 1. The molecule has 3 aromatic heterocycles. The number of aromatic nitrogens is 4. The van der Waals surface area contributed by atoms with E-state index in [2.05, 4.69) is 21.1 Å². The summed E-state index contributed by atoms with van der Waals surface area (Å²) in [6.07, 6.45) is 0.643. The number of fused-ring (bicyclic) bond motifs is 4. The first-order valence-electron chi connectivity index (χ1n) is 17.6. The van der Waals surface area contributed by atoms with Crippen molar-refractivity contribution in [1.82, 2.24) is 29.5 Å². The van der Waals surface area contributed by atoms with E-state index in [0.717, 1.165) is 54.8 Å². The zero-order chi connectivity index (χ0) is 36.2. The van der Waals surface area contributed by atoms with Crippen LogP contribution < -0.4 is 5.32 Å². The summed E-state index contributed by atoms with van der Waals surface area (Å²) in [4.78, 5) is 20.6. The fraction of sp³-hybridized carbons (Fsp3) is 0.421. The van der Waals surface area contributed by atoms with Crippen LogP contribution in [-0.2, 0) is 17.4 Å². The summed E-state index contributed by atoms with van der Waals surface area (Å²) in [6, 6.07) is 10.5. The number of pyridine rings is 1. The smallest absolute Gasteiger partial charge is 0.337 e. The fourth-order valence-electron chi connectivity index (χ4n) is 8.88. The van der Waals surface area contributed by atoms with Gasteiger partial charge < -0.3 is 14.8 Å². The summed E-state index contributed by atoms with van der Waals surface area (Å²) in [5.74, 6) is -0.369. The van der Waals surface area contributed by atoms with Crippen LogP contribution in [0.15, 0.2) is 42.7 Å². The standard InChI is InChI=1S/C38H33Cl2F4N7O/c1-18-25-13-30(29-12-23(17-49(29)37(52)19-7-8-19)50-16-22(15-47-50)38(42,43)44)51(35-21-11-28(35)46-14-21)36(25)26-10-20(4-3-9-45)31(33(41)34(26)48-18)24-5-2-6-27(39)32(24)40/h2,5-6,10,13,15-16,19,21,23,28-29,35,46H,3-4,7-8,11-12,14,17H2,1H3/t21-,23+,28-,29-,35+/m1/s1. The van der Waals surface area contributed by atoms with Crippen LogP contribution >= 0.6 is 23.2 Å². The number of aryl methyl sites for hydroxylation is 2. The van der Waals surface area contributed by atoms with Gasteiger partial charge >= 0.3 is 6.18 Å². The van der Waals surface area contributed by atoms with Gasteiger partial charge in [0.15, 0.2) is 5.82 Å². The Kier molecular flexibility index (Phi) is 7.88. The van der Waals surface area contributed by atoms with Crippen molar-refractivity contribution < 1.29 is 22.4 Å². The average Bonchev–Trinajstić information content (AvgIpc) is 3.61. The molecule has 1 N–H and O–H groups in total. The number of alkyl halides is 3. The van der Waals surface area contributed by atoms with Gasteiger partial charge in [-0.15, -0.1) is 0 Å². The van der Waals surface area contributed by atoms with Crippen LogP contribution in [0.3, 0.4) is 0 Å². The number of benzene rings is 2. The number of carbonyl (C=O) groups excluding carboxylic acids is 1. The third kappa shape index (κ3) is 5.22. The number of carbonyl (C=O) groups is 1. The van der Waals surface area contributed by atoms with Crippen molar-refractivity contribution in [2.75, 3.05) is 13.1 Å². The molecule has 14 heteroatoms. The molecule has 5 atom stereocenters. The first-order chi connectivity index (χ1) is 24.9. The Balaban J connectivity index is 1.27. The summed E-state index contributed by atoms with van der Waals surface area (Å²) < 4.78 is 61.5. The highest BCUT2D eigenvalue weighted by Gasteiger charge is 2.51. The van der Waals surface area contributed by atoms with Gasteiger partial charge in [-0.3, -0.25) is 9.48 Å². The van der Waals surface area contributed by atoms with Gasteiger partial charge in [0.2, 0.25) is 5.91 Å². The molecule has 6 heterocycles. The lowest BCUT2D eigenvalue weighted by atomic mass is 9.79. The van der Waals surface area contributed by atoms with Crippen molar-refractivity contribution in [3.8, 4) is 17.2 Å². The molecule has 2 saturated carbocycles. The Labute approximate surface area is 306 Å². The molecular weight excluding hydrogens is 717 g/mol. The summed E-state index contributed by atoms with van der Waals surface area (Å²) in [7, 11) is 0. The van der Waals surface area contributed by atoms with Crippen molar-refractivity contribution in [2.24, 2.45) is 11.8 Å². The Morgan fingerprint density at radius 1 is 1.15 bits per heavy atom. The highest BCUT2D eigenvalue weighted by molar-refractivity contribution is 6.43. The van der Waals surface area contributed by atoms with Crippen molar-refractivity contribution in [3.63, 3.8) is 0 Å². The Morgan fingerprint density at radius 3 is 2.63 bits per heavy atom. The maximum absolute atomic E-state index is 17.1. The summed E-state index contributed by atoms with van der Waals surface area (Å²) in [5, 5.41) is 19.2. The lowest BCUT2D eigenvalue weighted by molar-refractivity contribution is -0.137. The van der Waals surface area contributed by atoms with Crippen molar-refractivity contribution >= 4 is 50.9 Å². The van der Waals surface area contributed by atoms with Crippen LogP contribution in [0, 0.1) is 35.9 Å². The van der Waals surface area contributed by atoms with Crippen LogP contribution in [-0.4, -0.2) is 49.3 Å². The molecule has 3 saturated heterocycles. The number of amides is 1. The molecule has 5 fully saturated rings. The van der Waals surface area contributed by atoms with Crippen molar-refractivity contribution in [3.05, 3.63) is 81.1 Å². The molecule has 10 rings (SSSR count). The number of hydrogen-bond acceptors (Lipinski definition) is 5. The minimum absolute atomic E-state index is 0.00482. The van der Waals surface area contributed by atoms with Crippen molar-refractivity contribution in [2.45, 2.75) is 75.8 Å². The molecule has 0 radical (unpaired) electrons. The Hall–Kier alpha value is -4.18. The molecule has 5 aromatic rings. The summed E-state index contributed by atoms with van der Waals surface area (Å²) in [6.45, 7) is 2.89. The predicted octanol–water partition coefficient (Wildman–Crippen LogP) is 8.74. The molecule has 8 nitrogen and oxygen atoms in total. The van der Waals surface area contributed by atoms with E-state index in [1.54, 1.807) is 18.2 Å². The molecule has 2 bridgehead atoms. The van der Waals surface area contributed by atoms with E-state index in [-0.39, 0.29) is 64.4 Å². The second-order valence-corrected chi connectivity index (χ2v) is 15.4. The number of likely N-dealkylation sites (tertiary alicyclic amines) is 1. The van der Waals surface area contributed by atoms with Crippen LogP contribution in [0.4, 0.5) is 17.6 Å². The normalized spacial score (nSPS) is 24.2. The van der Waals surface area contributed by atoms with Gasteiger partial charge in [0, 0.05) is 71.0 Å². The minimum Gasteiger partial charge on any atom is -0.337 e. The molecule has 3 aliphatic heterocycles. The minimum atomic E-state index is -4.53. The predicted molar refractivity (Wildman–Crippen MR) is 188 cm³/mol. The van der Waals surface area contributed by atoms with Crippen LogP contribution in [0.2, 0.25) is 10.0 Å². The third-order valence-electron chi connectivity index (χ3n) is 11.6. The topological polar surface area (TPSA) is 91.8 Å². The highest BCUT2D eigenvalue weighted by Crippen LogP contribution is 2.52. The van der Waals surface area contributed by atoms with E-state index in [0.29, 0.717) is 34.5 Å². The van der Waals surface area contributed by atoms with E-state index in [1.165, 1.54) is 4.68 Å². The number of nitrogens with zero attached hydrogens (tertiary/aromatic N) is 6. The maximum Gasteiger partial charge on any atom is 0.419 e. The molecular formula is C38H33Cl2F4N7O. The number of nitrogens with one attached hydrogen (secondary N) is 1. The molecule has 1 amide bonds. The fourth-order valence-corrected chi connectivity index (χ4v) is 9.27. The quantitative estimate of drug-likeness (QED) is 0.168. The van der Waals surface area contributed by atoms with Gasteiger partial charge in [0.25, 0.3) is 0 Å². The summed E-state index contributed by atoms with van der Waals surface area (Å²) in [5.41, 5.74) is 2.85. The SMILES string of the molecule is Cc1nc2c(F)c(-c3cccc(Cl)c3Cl)c(CCC#N)cc2c2c1cc([C@H]1C[C@H](n3cc(C(F)(F)F)cn3)CN1C(=O)C1CC1)n2[C@H]1[C@H]2CN[C@@H]1C2. The molecule has 2 aromatic carbocycles. The van der Waals surface area contributed by atoms with Crippen LogP contribution in [0.25, 0.3) is 32.9 Å². The molecule has 2 aliphatic carbocycles. The van der Waals surface area contributed by atoms with Gasteiger partial charge in [-0.25, -0.2) is 9.37 Å². The second kappa shape index (κ2) is 12.2. The van der Waals surface area contributed by atoms with E-state index in [4.69, 9.17) is 28.2 Å². The lowest BCUT2D eigenvalue weighted by Crippen LogP contribution is -2.41. The van der Waals surface area contributed by atoms with Gasteiger partial charge in [-0.2, -0.15) is 23.5 Å². The molecule has 0 spiro atoms. The number of halogens is 6. The molecule has 268 valence electrons. The Bertz CT molecular complexity index is 2330. The number of hydrogen-bond donors (Lipinski definition) is 1. The van der Waals surface area contributed by atoms with Gasteiger partial charge in [0.05, 0.1) is 51.5 Å². The van der Waals surface area contributed by atoms with E-state index >= 15 is 4.39 Å². The molecule has 5 aliphatic rings. The average molecular weight is 751 g/mol. The lowest BCUT2D eigenvalue weighted by Gasteiger charge is -2.39. The zero-order valence-corrected chi connectivity index (χ0v) is 29.5. The first kappa shape index (κ1) is 33.6. The zero-order valence-electron chi connectivity index (χ0n) is 28.0. The second-order valence-electron chi connectivity index (χ2n) is 14.7. The first-order valence-corrected chi connectivity index (χ1v) is 18.3. The molecule has 0 unspecified atom stereocenters. The van der Waals surface area contributed by atoms with Crippen LogP contribution in [0.1, 0.15) is 72.7 Å². The van der Waals surface area contributed by atoms with Gasteiger partial charge in [0.1, 0.15) is 5.52 Å². The highest BCUT2D eigenvalue weighted by atomic mass is 35.5. The van der Waals surface area contributed by atoms with E-state index in [9.17, 15) is 23.2 Å². The molecule has 52 heavy (non-hydrogen) atoms. The third-order valence-corrected chi connectivity index (χ3v) is 12.4. The van der Waals surface area contributed by atoms with E-state index in [1.807, 2.05) is 24.0 Å². The largest absolute Gasteiger partial charge is 0.419 e. The number of rotatable bonds is 7. The van der Waals surface area contributed by atoms with Crippen molar-refractivity contribution in [1.29, 1.82) is 5.26 Å². The van der Waals surface area contributed by atoms with Gasteiger partial charge in [-0.1, -0.05) is 35.3 Å². The van der Waals surface area contributed by atoms with Crippen LogP contribution in [0.5, 0.6) is 0 Å². The van der Waals surface area contributed by atoms with Gasteiger partial charge in [-0.05, 0) is 68.7 Å². The Morgan fingerprint density at radius 2 is 1.96 bits per heavy atom. The maximum atomic E-state index is 17.1. The van der Waals surface area contributed by atoms with E-state index < -0.39 is 29.6 Å².